The van der Waals surface area contributed by atoms with Crippen LogP contribution in [0, 0.1) is 11.3 Å². The summed E-state index contributed by atoms with van der Waals surface area (Å²) in [6.45, 7) is 1.70. The molecule has 2 aliphatic carbocycles. The molecular weight excluding hydrogens is 1610 g/mol. The van der Waals surface area contributed by atoms with Gasteiger partial charge in [-0.1, -0.05) is 78.4 Å². The van der Waals surface area contributed by atoms with Crippen molar-refractivity contribution in [1.29, 1.82) is 5.41 Å². The third-order valence-corrected chi connectivity index (χ3v) is 22.5. The van der Waals surface area contributed by atoms with Gasteiger partial charge in [-0.25, -0.2) is 4.98 Å². The highest BCUT2D eigenvalue weighted by Gasteiger charge is 2.66. The van der Waals surface area contributed by atoms with Crippen molar-refractivity contribution in [3.05, 3.63) is 113 Å². The number of benzene rings is 2. The fourth-order valence-electron chi connectivity index (χ4n) is 13.3. The summed E-state index contributed by atoms with van der Waals surface area (Å²) >= 11 is 3.69. The first-order valence-corrected chi connectivity index (χ1v) is 42.1. The minimum atomic E-state index is -2.42. The van der Waals surface area contributed by atoms with Gasteiger partial charge in [-0.05, 0) is 99.8 Å². The van der Waals surface area contributed by atoms with E-state index in [1.165, 1.54) is 43.0 Å². The average Bonchev–Trinajstić information content (AvgIpc) is 1.57. The van der Waals surface area contributed by atoms with Crippen molar-refractivity contribution >= 4 is 142 Å². The standard InChI is InChI=1S/C76H103N19O21S3/c1-40(96)61-72(113)86-49(21-22-59(99)100)65(106)88-53(29-43-15-8-5-9-16-43)68(109)91-56(38-119-36-45-18-10-17-44(27-45)35-118-37-55(90-66(107)50(23-26-117-3)84-41(2)97)63(104)82-34-58(98)95-25-12-20-57(95)71(112)93-61)70(111)94-76(32-47(76)73(114)115)74(116)92-54(30-46-33-80-39-83-46)69(110)89-52(28-42-13-6-4-7-14-42)67(108)85-48(19-11-24-81-75(78)79)64(105)87-51(62(77)103)31-60(101)102/h4-8,10,13-15,17-18,27,33,39-40,47-57,61,96H,9,11-12,16,19-26,28-32,34-38H2,1-3H3,(H2,77,103)(H,80,83)(H,82,104)(H,84,97)(H,85,108)(H,86,113)(H,87,105)(H,88,106)(H,89,110)(H,90,107)(H,91,109)(H,92,116)(H,93,112)(H,94,111)(H,99,100)(H,101,102)(H,114,115)(H4,78,79,81)/t40-,47+,48+,49+,50+,51+,52+,53+,54+,55+,56+,57+,61+,76?/m1/s1. The van der Waals surface area contributed by atoms with Crippen LogP contribution < -0.4 is 80.6 Å². The molecule has 1 unspecified atom stereocenters. The predicted molar refractivity (Wildman–Crippen MR) is 434 cm³/mol. The molecule has 3 aromatic rings. The Kier molecular flexibility index (Phi) is 37.0. The van der Waals surface area contributed by atoms with Crippen molar-refractivity contribution in [1.82, 2.24) is 84.0 Å². The first-order chi connectivity index (χ1) is 56.6. The molecule has 3 heterocycles. The van der Waals surface area contributed by atoms with Gasteiger partial charge in [0, 0.05) is 68.5 Å². The number of rotatable bonds is 34. The maximum Gasteiger partial charge on any atom is 0.309 e. The summed E-state index contributed by atoms with van der Waals surface area (Å²) in [4.78, 5) is 245. The molecule has 43 heteroatoms. The lowest BCUT2D eigenvalue weighted by Gasteiger charge is -2.30. The van der Waals surface area contributed by atoms with Crippen LogP contribution in [0.3, 0.4) is 0 Å². The topological polar surface area (TPSA) is 635 Å². The Morgan fingerprint density at radius 2 is 1.39 bits per heavy atom. The van der Waals surface area contributed by atoms with E-state index < -0.39 is 229 Å². The summed E-state index contributed by atoms with van der Waals surface area (Å²) in [6.07, 6.45) is 5.04. The lowest BCUT2D eigenvalue weighted by molar-refractivity contribution is -0.142. The monoisotopic (exact) mass is 1710 g/mol. The Morgan fingerprint density at radius 3 is 2.01 bits per heavy atom. The molecule has 1 saturated heterocycles. The highest BCUT2D eigenvalue weighted by molar-refractivity contribution is 7.99. The number of allylic oxidation sites excluding steroid dienone is 3. The number of aliphatic hydroxyl groups is 1. The quantitative estimate of drug-likeness (QED) is 0.0155. The second kappa shape index (κ2) is 46.5. The number of fused-ring (bicyclic) bond motifs is 3. The molecule has 0 radical (unpaired) electrons. The number of carboxylic acid groups (broad SMARTS) is 3. The summed E-state index contributed by atoms with van der Waals surface area (Å²) in [5, 5.41) is 81.8. The molecule has 2 aromatic carbocycles. The van der Waals surface area contributed by atoms with Crippen LogP contribution in [-0.2, 0) is 106 Å². The maximum absolute atomic E-state index is 15.4. The number of nitrogens with zero attached hydrogens (tertiary/aromatic N) is 2. The SMILES string of the molecule is CSCC[C@H](NC(C)=O)C(=O)N[C@H]1CSCc2cccc(c2)CSC[C@@H](C(=O)NC2(C(=O)N[C@@H](Cc3c[nH]cn3)C(=O)N[C@@H](Cc3ccccc3)C(=O)N[C@@H](CCCNC(=N)N)C(=O)N[C@@H](CC(=O)O)C(N)=O)C[C@H]2C(=O)O)NC(=O)[C@H](CC2=CC=CCC2)NC(=O)[C@H](CCC(=O)O)NC(=O)[C@H]([C@@H](C)O)NC(=O)[C@@H]2CCCN2C(=O)CNC1=O. The van der Waals surface area contributed by atoms with E-state index in [0.717, 1.165) is 23.6 Å². The molecular formula is C76H103N19O21S3. The van der Waals surface area contributed by atoms with Crippen molar-refractivity contribution in [3.8, 4) is 0 Å². The Hall–Kier alpha value is -11.6. The molecule has 2 fully saturated rings. The summed E-state index contributed by atoms with van der Waals surface area (Å²) < 4.78 is 0. The Balaban J connectivity index is 1.24. The largest absolute Gasteiger partial charge is 0.481 e. The zero-order chi connectivity index (χ0) is 87.0. The second-order valence-electron chi connectivity index (χ2n) is 29.0. The number of nitrogens with one attached hydrogen (secondary N) is 15. The zero-order valence-electron chi connectivity index (χ0n) is 65.6. The first kappa shape index (κ1) is 94.5. The molecule has 40 nitrogen and oxygen atoms in total. The van der Waals surface area contributed by atoms with Crippen LogP contribution in [0.25, 0.3) is 0 Å². The van der Waals surface area contributed by atoms with E-state index in [1.807, 2.05) is 6.08 Å². The van der Waals surface area contributed by atoms with Gasteiger partial charge in [0.05, 0.1) is 37.0 Å². The van der Waals surface area contributed by atoms with E-state index in [0.29, 0.717) is 40.9 Å². The molecule has 14 atom stereocenters. The minimum Gasteiger partial charge on any atom is -0.481 e. The number of guanidine groups is 1. The van der Waals surface area contributed by atoms with E-state index in [4.69, 9.17) is 16.9 Å². The molecule has 14 amide bonds. The highest BCUT2D eigenvalue weighted by Crippen LogP contribution is 2.44. The number of amides is 14. The van der Waals surface area contributed by atoms with Crippen LogP contribution in [0.5, 0.6) is 0 Å². The number of aliphatic carboxylic acids is 3. The molecule has 23 N–H and O–H groups in total. The maximum atomic E-state index is 15.4. The van der Waals surface area contributed by atoms with Crippen molar-refractivity contribution in [2.24, 2.45) is 17.4 Å². The van der Waals surface area contributed by atoms with Crippen molar-refractivity contribution in [2.45, 2.75) is 193 Å². The normalized spacial score (nSPS) is 22.3. The van der Waals surface area contributed by atoms with Crippen LogP contribution in [-0.4, -0.2) is 263 Å². The Labute approximate surface area is 696 Å². The fraction of sp³-hybridized carbons (Fsp3) is 0.513. The number of hydrogen-bond acceptors (Lipinski definition) is 23. The minimum absolute atomic E-state index is 0.00940. The number of aromatic amines is 1. The third kappa shape index (κ3) is 30.1. The van der Waals surface area contributed by atoms with Crippen molar-refractivity contribution in [2.75, 3.05) is 43.1 Å². The third-order valence-electron chi connectivity index (χ3n) is 19.7. The van der Waals surface area contributed by atoms with Gasteiger partial charge in [0.2, 0.25) is 82.7 Å². The lowest BCUT2D eigenvalue weighted by atomic mass is 9.97. The molecule has 1 saturated carbocycles. The molecule has 2 bridgehead atoms. The number of hydrogen-bond donors (Lipinski definition) is 21. The number of aromatic nitrogens is 2. The van der Waals surface area contributed by atoms with Crippen LogP contribution in [0.1, 0.15) is 113 Å². The number of carboxylic acids is 3. The van der Waals surface area contributed by atoms with Crippen LogP contribution >= 0.6 is 35.3 Å². The lowest BCUT2D eigenvalue weighted by Crippen LogP contribution is -2.63. The van der Waals surface area contributed by atoms with Gasteiger partial charge in [-0.3, -0.25) is 86.9 Å². The summed E-state index contributed by atoms with van der Waals surface area (Å²) in [5.74, 6) is -20.4. The molecule has 2 aliphatic heterocycles. The van der Waals surface area contributed by atoms with Crippen LogP contribution in [0.2, 0.25) is 0 Å². The fourth-order valence-corrected chi connectivity index (χ4v) is 15.8. The van der Waals surface area contributed by atoms with Gasteiger partial charge in [0.15, 0.2) is 5.96 Å². The Morgan fingerprint density at radius 1 is 0.739 bits per heavy atom. The number of carbonyl (C=O) groups is 17. The first-order valence-electron chi connectivity index (χ1n) is 38.4. The van der Waals surface area contributed by atoms with Gasteiger partial charge in [0.25, 0.3) is 0 Å². The van der Waals surface area contributed by atoms with E-state index in [-0.39, 0.29) is 86.7 Å². The molecule has 0 spiro atoms. The number of nitrogens with two attached hydrogens (primary N) is 2. The van der Waals surface area contributed by atoms with Gasteiger partial charge >= 0.3 is 17.9 Å². The summed E-state index contributed by atoms with van der Waals surface area (Å²) in [7, 11) is 0. The smallest absolute Gasteiger partial charge is 0.309 e. The van der Waals surface area contributed by atoms with Gasteiger partial charge in [-0.15, -0.1) is 0 Å². The zero-order valence-corrected chi connectivity index (χ0v) is 68.1. The van der Waals surface area contributed by atoms with Crippen molar-refractivity contribution < 1.29 is 102 Å². The molecule has 4 aliphatic rings. The average molecular weight is 1710 g/mol. The van der Waals surface area contributed by atoms with E-state index in [1.54, 1.807) is 73.0 Å². The summed E-state index contributed by atoms with van der Waals surface area (Å²) in [6, 6.07) is -2.38. The molecule has 119 heavy (non-hydrogen) atoms. The number of carbonyl (C=O) groups excluding carboxylic acids is 14. The summed E-state index contributed by atoms with van der Waals surface area (Å²) in [5.41, 5.74) is 10.9. The van der Waals surface area contributed by atoms with Gasteiger partial charge in [-0.2, -0.15) is 35.3 Å². The van der Waals surface area contributed by atoms with E-state index in [9.17, 15) is 82.8 Å². The van der Waals surface area contributed by atoms with E-state index >= 15 is 19.2 Å². The van der Waals surface area contributed by atoms with Crippen LogP contribution in [0.4, 0.5) is 0 Å². The molecule has 646 valence electrons. The second-order valence-corrected chi connectivity index (χ2v) is 32.0. The predicted octanol–water partition coefficient (Wildman–Crippen LogP) is -3.80. The van der Waals surface area contributed by atoms with Gasteiger partial charge < -0.3 is 111 Å². The Bertz CT molecular complexity index is 4250. The number of thioether (sulfide) groups is 3. The van der Waals surface area contributed by atoms with Crippen LogP contribution in [0.15, 0.2) is 90.9 Å². The highest BCUT2D eigenvalue weighted by atomic mass is 32.2. The van der Waals surface area contributed by atoms with Crippen molar-refractivity contribution in [3.63, 3.8) is 0 Å². The molecule has 7 rings (SSSR count). The number of aliphatic hydroxyl groups excluding tert-OH is 1. The number of primary amides is 1. The van der Waals surface area contributed by atoms with E-state index in [2.05, 4.69) is 79.1 Å². The number of H-pyrrole nitrogens is 1. The van der Waals surface area contributed by atoms with Gasteiger partial charge in [0.1, 0.15) is 72.0 Å². The molecule has 1 aromatic heterocycles. The number of imidazole rings is 1.